The van der Waals surface area contributed by atoms with Gasteiger partial charge >= 0.3 is 0 Å². The van der Waals surface area contributed by atoms with Crippen LogP contribution in [0.25, 0.3) is 0 Å². The van der Waals surface area contributed by atoms with Crippen molar-refractivity contribution in [3.05, 3.63) is 54.4 Å². The number of pyridine rings is 1. The molecular weight excluding hydrogens is 312 g/mol. The Morgan fingerprint density at radius 3 is 2.39 bits per heavy atom. The molecule has 0 saturated carbocycles. The highest BCUT2D eigenvalue weighted by Crippen LogP contribution is 2.21. The van der Waals surface area contributed by atoms with Gasteiger partial charge in [-0.25, -0.2) is 8.42 Å². The monoisotopic (exact) mass is 328 g/mol. The third-order valence-electron chi connectivity index (χ3n) is 3.87. The van der Waals surface area contributed by atoms with E-state index >= 15 is 0 Å². The molecule has 1 aliphatic heterocycles. The molecule has 0 atom stereocenters. The second kappa shape index (κ2) is 6.36. The van der Waals surface area contributed by atoms with Crippen molar-refractivity contribution in [3.63, 3.8) is 0 Å². The fourth-order valence-electron chi connectivity index (χ4n) is 2.62. The highest BCUT2D eigenvalue weighted by molar-refractivity contribution is 7.89. The molecule has 0 radical (unpaired) electrons. The Labute approximate surface area is 135 Å². The molecule has 6 nitrogen and oxygen atoms in total. The van der Waals surface area contributed by atoms with Gasteiger partial charge in [-0.05, 0) is 30.3 Å². The molecule has 118 valence electrons. The maximum absolute atomic E-state index is 12.7. The molecular formula is C16H16N4O2S. The number of aromatic nitrogens is 1. The quantitative estimate of drug-likeness (QED) is 0.852. The van der Waals surface area contributed by atoms with Crippen LogP contribution in [0.15, 0.2) is 53.7 Å². The molecule has 0 spiro atoms. The number of benzene rings is 1. The third-order valence-corrected chi connectivity index (χ3v) is 5.76. The number of hydrogen-bond donors (Lipinski definition) is 0. The van der Waals surface area contributed by atoms with Gasteiger partial charge in [0.1, 0.15) is 0 Å². The van der Waals surface area contributed by atoms with E-state index in [4.69, 9.17) is 5.26 Å². The van der Waals surface area contributed by atoms with Crippen LogP contribution >= 0.6 is 0 Å². The summed E-state index contributed by atoms with van der Waals surface area (Å²) < 4.78 is 26.8. The zero-order valence-electron chi connectivity index (χ0n) is 12.5. The van der Waals surface area contributed by atoms with E-state index in [0.717, 1.165) is 5.69 Å². The first-order chi connectivity index (χ1) is 11.1. The fraction of sp³-hybridized carbons (Fsp3) is 0.250. The molecule has 0 amide bonds. The van der Waals surface area contributed by atoms with Crippen molar-refractivity contribution < 1.29 is 8.42 Å². The van der Waals surface area contributed by atoms with Crippen LogP contribution < -0.4 is 4.90 Å². The van der Waals surface area contributed by atoms with Gasteiger partial charge in [-0.1, -0.05) is 6.07 Å². The van der Waals surface area contributed by atoms with E-state index in [9.17, 15) is 8.42 Å². The number of anilines is 1. The molecule has 3 rings (SSSR count). The average Bonchev–Trinajstić information content (AvgIpc) is 2.62. The molecule has 0 aliphatic carbocycles. The Balaban J connectivity index is 1.75. The molecule has 1 aromatic heterocycles. The number of nitrogens with zero attached hydrogens (tertiary/aromatic N) is 4. The van der Waals surface area contributed by atoms with E-state index in [1.165, 1.54) is 16.4 Å². The molecule has 0 unspecified atom stereocenters. The minimum atomic E-state index is -3.56. The van der Waals surface area contributed by atoms with E-state index < -0.39 is 10.0 Å². The van der Waals surface area contributed by atoms with Crippen LogP contribution in [0.4, 0.5) is 5.69 Å². The summed E-state index contributed by atoms with van der Waals surface area (Å²) in [6, 6.07) is 12.0. The summed E-state index contributed by atoms with van der Waals surface area (Å²) in [6.07, 6.45) is 3.46. The first-order valence-corrected chi connectivity index (χ1v) is 8.70. The van der Waals surface area contributed by atoms with Crippen LogP contribution in [0.1, 0.15) is 5.56 Å². The topological polar surface area (TPSA) is 77.3 Å². The Hall–Kier alpha value is -2.43. The van der Waals surface area contributed by atoms with Crippen LogP contribution in [0, 0.1) is 11.3 Å². The fourth-order valence-corrected chi connectivity index (χ4v) is 4.09. The maximum Gasteiger partial charge on any atom is 0.243 e. The maximum atomic E-state index is 12.7. The Kier molecular flexibility index (Phi) is 4.28. The van der Waals surface area contributed by atoms with Gasteiger partial charge in [0.2, 0.25) is 10.0 Å². The Morgan fingerprint density at radius 1 is 1.04 bits per heavy atom. The summed E-state index contributed by atoms with van der Waals surface area (Å²) >= 11 is 0. The van der Waals surface area contributed by atoms with Gasteiger partial charge in [0.05, 0.1) is 16.5 Å². The van der Waals surface area contributed by atoms with Gasteiger partial charge in [-0.2, -0.15) is 9.57 Å². The summed E-state index contributed by atoms with van der Waals surface area (Å²) in [5.41, 5.74) is 1.39. The Bertz CT molecular complexity index is 823. The molecule has 1 saturated heterocycles. The summed E-state index contributed by atoms with van der Waals surface area (Å²) in [5.74, 6) is 0. The van der Waals surface area contributed by atoms with Crippen molar-refractivity contribution in [2.24, 2.45) is 0 Å². The molecule has 0 N–H and O–H groups in total. The molecule has 7 heteroatoms. The van der Waals surface area contributed by atoms with Crippen LogP contribution in [0.5, 0.6) is 0 Å². The molecule has 1 aromatic carbocycles. The lowest BCUT2D eigenvalue weighted by atomic mass is 10.2. The van der Waals surface area contributed by atoms with Gasteiger partial charge in [0.25, 0.3) is 0 Å². The van der Waals surface area contributed by atoms with Crippen molar-refractivity contribution in [2.45, 2.75) is 4.90 Å². The molecule has 2 heterocycles. The Morgan fingerprint density at radius 2 is 1.74 bits per heavy atom. The average molecular weight is 328 g/mol. The van der Waals surface area contributed by atoms with Crippen LogP contribution in [-0.4, -0.2) is 43.9 Å². The van der Waals surface area contributed by atoms with Crippen molar-refractivity contribution >= 4 is 15.7 Å². The predicted octanol–water partition coefficient (Wildman–Crippen LogP) is 1.46. The van der Waals surface area contributed by atoms with Gasteiger partial charge in [-0.15, -0.1) is 0 Å². The number of piperazine rings is 1. The van der Waals surface area contributed by atoms with Crippen LogP contribution in [0.3, 0.4) is 0 Å². The van der Waals surface area contributed by atoms with Gasteiger partial charge in [0, 0.05) is 44.3 Å². The number of sulfonamides is 1. The summed E-state index contributed by atoms with van der Waals surface area (Å²) in [4.78, 5) is 6.30. The van der Waals surface area contributed by atoms with Gasteiger partial charge < -0.3 is 4.90 Å². The molecule has 23 heavy (non-hydrogen) atoms. The minimum absolute atomic E-state index is 0.175. The number of nitriles is 1. The SMILES string of the molecule is N#Cc1cccc(S(=O)(=O)N2CCN(c3ccncc3)CC2)c1. The zero-order chi connectivity index (χ0) is 16.3. The largest absolute Gasteiger partial charge is 0.369 e. The highest BCUT2D eigenvalue weighted by Gasteiger charge is 2.28. The zero-order valence-corrected chi connectivity index (χ0v) is 13.3. The first-order valence-electron chi connectivity index (χ1n) is 7.26. The van der Waals surface area contributed by atoms with Crippen molar-refractivity contribution in [1.29, 1.82) is 5.26 Å². The molecule has 1 aliphatic rings. The van der Waals surface area contributed by atoms with E-state index in [1.54, 1.807) is 24.5 Å². The van der Waals surface area contributed by atoms with E-state index in [0.29, 0.717) is 31.7 Å². The number of rotatable bonds is 3. The molecule has 2 aromatic rings. The van der Waals surface area contributed by atoms with Crippen molar-refractivity contribution in [2.75, 3.05) is 31.1 Å². The lowest BCUT2D eigenvalue weighted by Crippen LogP contribution is -2.48. The van der Waals surface area contributed by atoms with Gasteiger partial charge in [-0.3, -0.25) is 4.98 Å². The third kappa shape index (κ3) is 3.18. The summed E-state index contributed by atoms with van der Waals surface area (Å²) in [7, 11) is -3.56. The normalized spacial score (nSPS) is 16.0. The van der Waals surface area contributed by atoms with Gasteiger partial charge in [0.15, 0.2) is 0 Å². The van der Waals surface area contributed by atoms with E-state index in [2.05, 4.69) is 9.88 Å². The van der Waals surface area contributed by atoms with Crippen LogP contribution in [-0.2, 0) is 10.0 Å². The first kappa shape index (κ1) is 15.5. The summed E-state index contributed by atoms with van der Waals surface area (Å²) in [6.45, 7) is 2.09. The van der Waals surface area contributed by atoms with Crippen molar-refractivity contribution in [1.82, 2.24) is 9.29 Å². The summed E-state index contributed by atoms with van der Waals surface area (Å²) in [5, 5.41) is 8.93. The van der Waals surface area contributed by atoms with Crippen molar-refractivity contribution in [3.8, 4) is 6.07 Å². The standard InChI is InChI=1S/C16H16N4O2S/c17-13-14-2-1-3-16(12-14)23(21,22)20-10-8-19(9-11-20)15-4-6-18-7-5-15/h1-7,12H,8-11H2. The molecule has 1 fully saturated rings. The molecule has 0 bridgehead atoms. The lowest BCUT2D eigenvalue weighted by Gasteiger charge is -2.35. The van der Waals surface area contributed by atoms with E-state index in [-0.39, 0.29) is 4.90 Å². The van der Waals surface area contributed by atoms with Crippen LogP contribution in [0.2, 0.25) is 0 Å². The second-order valence-corrected chi connectivity index (χ2v) is 7.17. The second-order valence-electron chi connectivity index (χ2n) is 5.24. The number of hydrogen-bond acceptors (Lipinski definition) is 5. The van der Waals surface area contributed by atoms with E-state index in [1.807, 2.05) is 18.2 Å². The smallest absolute Gasteiger partial charge is 0.243 e. The lowest BCUT2D eigenvalue weighted by molar-refractivity contribution is 0.385. The minimum Gasteiger partial charge on any atom is -0.369 e. The highest BCUT2D eigenvalue weighted by atomic mass is 32.2. The predicted molar refractivity (Wildman–Crippen MR) is 86.4 cm³/mol.